The summed E-state index contributed by atoms with van der Waals surface area (Å²) in [6, 6.07) is 13.9. The minimum Gasteiger partial charge on any atom is -0.478 e. The fourth-order valence-electron chi connectivity index (χ4n) is 2.29. The number of thiocarbonyl (C=S) groups is 1. The first kappa shape index (κ1) is 19.6. The first-order valence-electron chi connectivity index (χ1n) is 8.19. The zero-order valence-corrected chi connectivity index (χ0v) is 15.8. The van der Waals surface area contributed by atoms with Gasteiger partial charge < -0.3 is 10.4 Å². The van der Waals surface area contributed by atoms with E-state index in [1.54, 1.807) is 24.3 Å². The van der Waals surface area contributed by atoms with Gasteiger partial charge in [0, 0.05) is 12.1 Å². The van der Waals surface area contributed by atoms with E-state index in [-0.39, 0.29) is 22.0 Å². The summed E-state index contributed by atoms with van der Waals surface area (Å²) in [7, 11) is 0. The molecule has 5 nitrogen and oxygen atoms in total. The van der Waals surface area contributed by atoms with E-state index in [0.717, 1.165) is 11.1 Å². The van der Waals surface area contributed by atoms with Gasteiger partial charge in [0.2, 0.25) is 0 Å². The summed E-state index contributed by atoms with van der Waals surface area (Å²) < 4.78 is 0. The second-order valence-electron chi connectivity index (χ2n) is 6.97. The van der Waals surface area contributed by atoms with Gasteiger partial charge in [0.05, 0.1) is 5.56 Å². The highest BCUT2D eigenvalue weighted by Crippen LogP contribution is 2.22. The predicted molar refractivity (Wildman–Crippen MR) is 105 cm³/mol. The van der Waals surface area contributed by atoms with E-state index in [4.69, 9.17) is 17.3 Å². The van der Waals surface area contributed by atoms with Crippen LogP contribution in [0.1, 0.15) is 52.6 Å². The summed E-state index contributed by atoms with van der Waals surface area (Å²) >= 11 is 5.14. The fourth-order valence-corrected chi connectivity index (χ4v) is 2.45. The molecule has 0 unspecified atom stereocenters. The topological polar surface area (TPSA) is 78.4 Å². The molecule has 0 heterocycles. The minimum atomic E-state index is -0.968. The summed E-state index contributed by atoms with van der Waals surface area (Å²) in [5.74, 6) is -1.24. The lowest BCUT2D eigenvalue weighted by molar-refractivity contribution is 0.0696. The quantitative estimate of drug-likeness (QED) is 0.718. The Hall–Kier alpha value is -2.73. The molecule has 0 aliphatic rings. The third kappa shape index (κ3) is 5.39. The smallest absolute Gasteiger partial charge is 0.335 e. The lowest BCUT2D eigenvalue weighted by Crippen LogP contribution is -2.38. The molecule has 0 aromatic heterocycles. The summed E-state index contributed by atoms with van der Waals surface area (Å²) in [6.07, 6.45) is 0. The Morgan fingerprint density at radius 1 is 0.962 bits per heavy atom. The molecule has 0 radical (unpaired) electrons. The summed E-state index contributed by atoms with van der Waals surface area (Å²) in [6.45, 7) is 6.74. The molecule has 0 atom stereocenters. The monoisotopic (exact) mass is 370 g/mol. The Labute approximate surface area is 158 Å². The van der Waals surface area contributed by atoms with Crippen LogP contribution in [0.4, 0.5) is 0 Å². The molecule has 0 aliphatic heterocycles. The Bertz CT molecular complexity index is 806. The summed E-state index contributed by atoms with van der Waals surface area (Å²) in [5, 5.41) is 14.7. The van der Waals surface area contributed by atoms with Gasteiger partial charge in [-0.2, -0.15) is 0 Å². The molecule has 0 fully saturated rings. The molecule has 0 aliphatic carbocycles. The van der Waals surface area contributed by atoms with Crippen LogP contribution in [0.25, 0.3) is 0 Å². The Balaban J connectivity index is 1.88. The van der Waals surface area contributed by atoms with Crippen LogP contribution < -0.4 is 10.6 Å². The van der Waals surface area contributed by atoms with Crippen molar-refractivity contribution >= 4 is 29.2 Å². The number of hydrogen-bond donors (Lipinski definition) is 3. The van der Waals surface area contributed by atoms with Gasteiger partial charge in [0.1, 0.15) is 0 Å². The van der Waals surface area contributed by atoms with Gasteiger partial charge in [-0.1, -0.05) is 45.0 Å². The normalized spacial score (nSPS) is 10.9. The molecular weight excluding hydrogens is 348 g/mol. The van der Waals surface area contributed by atoms with Crippen molar-refractivity contribution in [3.63, 3.8) is 0 Å². The van der Waals surface area contributed by atoms with Gasteiger partial charge in [0.25, 0.3) is 5.91 Å². The zero-order valence-electron chi connectivity index (χ0n) is 15.0. The van der Waals surface area contributed by atoms with Crippen LogP contribution in [0.15, 0.2) is 48.5 Å². The number of carbonyl (C=O) groups excluding carboxylic acids is 1. The maximum Gasteiger partial charge on any atom is 0.335 e. The maximum absolute atomic E-state index is 12.2. The van der Waals surface area contributed by atoms with E-state index in [1.165, 1.54) is 12.1 Å². The molecule has 136 valence electrons. The first-order chi connectivity index (χ1) is 12.2. The molecule has 6 heteroatoms. The van der Waals surface area contributed by atoms with E-state index >= 15 is 0 Å². The van der Waals surface area contributed by atoms with Crippen molar-refractivity contribution in [2.75, 3.05) is 0 Å². The molecule has 0 saturated heterocycles. The van der Waals surface area contributed by atoms with Gasteiger partial charge in [0.15, 0.2) is 5.11 Å². The van der Waals surface area contributed by atoms with E-state index in [1.807, 2.05) is 12.1 Å². The maximum atomic E-state index is 12.2. The molecule has 2 aromatic carbocycles. The molecule has 0 saturated carbocycles. The number of hydrogen-bond acceptors (Lipinski definition) is 3. The average molecular weight is 370 g/mol. The molecule has 3 N–H and O–H groups in total. The van der Waals surface area contributed by atoms with Gasteiger partial charge in [-0.25, -0.2) is 4.79 Å². The second-order valence-corrected chi connectivity index (χ2v) is 7.37. The van der Waals surface area contributed by atoms with Crippen LogP contribution in [0.2, 0.25) is 0 Å². The van der Waals surface area contributed by atoms with Crippen LogP contribution in [0.5, 0.6) is 0 Å². The van der Waals surface area contributed by atoms with Crippen molar-refractivity contribution in [2.45, 2.75) is 32.7 Å². The number of amides is 1. The third-order valence-corrected chi connectivity index (χ3v) is 4.14. The van der Waals surface area contributed by atoms with Crippen molar-refractivity contribution in [2.24, 2.45) is 0 Å². The van der Waals surface area contributed by atoms with Gasteiger partial charge in [-0.15, -0.1) is 0 Å². The standard InChI is InChI=1S/C20H22N2O3S/c1-20(2,3)16-10-8-14(9-11-16)17(23)22-19(26)21-12-13-4-6-15(7-5-13)18(24)25/h4-11H,12H2,1-3H3,(H,24,25)(H2,21,22,23,26). The first-order valence-corrected chi connectivity index (χ1v) is 8.59. The third-order valence-electron chi connectivity index (χ3n) is 3.89. The van der Waals surface area contributed by atoms with Crippen LogP contribution in [-0.4, -0.2) is 22.1 Å². The van der Waals surface area contributed by atoms with Crippen LogP contribution >= 0.6 is 12.2 Å². The van der Waals surface area contributed by atoms with Crippen LogP contribution in [0.3, 0.4) is 0 Å². The number of carboxylic acid groups (broad SMARTS) is 1. The minimum absolute atomic E-state index is 0.0298. The number of aromatic carboxylic acids is 1. The fraction of sp³-hybridized carbons (Fsp3) is 0.250. The van der Waals surface area contributed by atoms with Crippen molar-refractivity contribution in [1.29, 1.82) is 0 Å². The summed E-state index contributed by atoms with van der Waals surface area (Å²) in [5.41, 5.74) is 2.80. The molecule has 26 heavy (non-hydrogen) atoms. The number of benzene rings is 2. The molecule has 2 rings (SSSR count). The summed E-state index contributed by atoms with van der Waals surface area (Å²) in [4.78, 5) is 23.1. The molecule has 1 amide bonds. The zero-order chi connectivity index (χ0) is 19.3. The second kappa shape index (κ2) is 8.10. The number of carboxylic acids is 1. The number of carbonyl (C=O) groups is 2. The van der Waals surface area contributed by atoms with Crippen LogP contribution in [0, 0.1) is 0 Å². The molecule has 0 bridgehead atoms. The van der Waals surface area contributed by atoms with Gasteiger partial charge in [-0.3, -0.25) is 10.1 Å². The highest BCUT2D eigenvalue weighted by Gasteiger charge is 2.14. The largest absolute Gasteiger partial charge is 0.478 e. The number of rotatable bonds is 4. The predicted octanol–water partition coefficient (Wildman–Crippen LogP) is 3.49. The van der Waals surface area contributed by atoms with E-state index < -0.39 is 5.97 Å². The SMILES string of the molecule is CC(C)(C)c1ccc(C(=O)NC(=S)NCc2ccc(C(=O)O)cc2)cc1. The Morgan fingerprint density at radius 2 is 1.50 bits per heavy atom. The molecule has 0 spiro atoms. The highest BCUT2D eigenvalue weighted by atomic mass is 32.1. The van der Waals surface area contributed by atoms with E-state index in [2.05, 4.69) is 31.4 Å². The van der Waals surface area contributed by atoms with Gasteiger partial charge >= 0.3 is 5.97 Å². The highest BCUT2D eigenvalue weighted by molar-refractivity contribution is 7.80. The Kier molecular flexibility index (Phi) is 6.10. The van der Waals surface area contributed by atoms with Crippen LogP contribution in [-0.2, 0) is 12.0 Å². The van der Waals surface area contributed by atoms with Crippen molar-refractivity contribution < 1.29 is 14.7 Å². The Morgan fingerprint density at radius 3 is 2.00 bits per heavy atom. The van der Waals surface area contributed by atoms with E-state index in [9.17, 15) is 9.59 Å². The van der Waals surface area contributed by atoms with Gasteiger partial charge in [-0.05, 0) is 53.0 Å². The van der Waals surface area contributed by atoms with Crippen molar-refractivity contribution in [3.8, 4) is 0 Å². The average Bonchev–Trinajstić information content (AvgIpc) is 2.59. The van der Waals surface area contributed by atoms with Crippen molar-refractivity contribution in [1.82, 2.24) is 10.6 Å². The van der Waals surface area contributed by atoms with E-state index in [0.29, 0.717) is 12.1 Å². The molecular formula is C20H22N2O3S. The lowest BCUT2D eigenvalue weighted by Gasteiger charge is -2.19. The molecule has 2 aromatic rings. The lowest BCUT2D eigenvalue weighted by atomic mass is 9.87. The van der Waals surface area contributed by atoms with Crippen molar-refractivity contribution in [3.05, 3.63) is 70.8 Å². The number of nitrogens with one attached hydrogen (secondary N) is 2.